The summed E-state index contributed by atoms with van der Waals surface area (Å²) in [5.74, 6) is -0.230. The third-order valence-electron chi connectivity index (χ3n) is 2.71. The number of fused-ring (bicyclic) bond motifs is 1. The molecule has 0 bridgehead atoms. The Hall–Kier alpha value is -1.93. The summed E-state index contributed by atoms with van der Waals surface area (Å²) < 4.78 is 15.7. The maximum absolute atomic E-state index is 13.1. The summed E-state index contributed by atoms with van der Waals surface area (Å²) in [6, 6.07) is 4.36. The van der Waals surface area contributed by atoms with Crippen LogP contribution in [-0.2, 0) is 11.8 Å². The van der Waals surface area contributed by atoms with Crippen molar-refractivity contribution in [3.05, 3.63) is 36.4 Å². The number of carbonyl (C=O) groups excluding carboxylic acids is 1. The molecule has 0 aliphatic carbocycles. The number of aryl methyl sites for hydroxylation is 1. The SMILES string of the molecule is Cn1ccnc1SCC(=O)Nc1nc2ccc(F)cc2s1. The molecule has 0 aliphatic rings. The molecule has 3 rings (SSSR count). The highest BCUT2D eigenvalue weighted by molar-refractivity contribution is 7.99. The normalized spacial score (nSPS) is 11.0. The number of thioether (sulfide) groups is 1. The Morgan fingerprint density at radius 2 is 2.38 bits per heavy atom. The highest BCUT2D eigenvalue weighted by atomic mass is 32.2. The van der Waals surface area contributed by atoms with Crippen molar-refractivity contribution in [1.29, 1.82) is 0 Å². The number of hydrogen-bond donors (Lipinski definition) is 1. The maximum Gasteiger partial charge on any atom is 0.236 e. The van der Waals surface area contributed by atoms with Crippen LogP contribution in [0.15, 0.2) is 35.7 Å². The van der Waals surface area contributed by atoms with Gasteiger partial charge in [-0.3, -0.25) is 4.79 Å². The van der Waals surface area contributed by atoms with Crippen LogP contribution >= 0.6 is 23.1 Å². The zero-order valence-electron chi connectivity index (χ0n) is 11.0. The van der Waals surface area contributed by atoms with E-state index in [2.05, 4.69) is 15.3 Å². The molecule has 2 aromatic heterocycles. The van der Waals surface area contributed by atoms with Crippen LogP contribution in [0.2, 0.25) is 0 Å². The number of halogens is 1. The van der Waals surface area contributed by atoms with E-state index in [0.29, 0.717) is 15.3 Å². The first-order valence-corrected chi connectivity index (χ1v) is 7.88. The number of anilines is 1. The molecule has 0 radical (unpaired) electrons. The molecule has 2 heterocycles. The molecular weight excluding hydrogens is 311 g/mol. The third-order valence-corrected chi connectivity index (χ3v) is 4.70. The average Bonchev–Trinajstić information content (AvgIpc) is 3.01. The fourth-order valence-electron chi connectivity index (χ4n) is 1.73. The number of benzene rings is 1. The van der Waals surface area contributed by atoms with Gasteiger partial charge in [-0.1, -0.05) is 23.1 Å². The zero-order chi connectivity index (χ0) is 14.8. The molecule has 0 spiro atoms. The number of hydrogen-bond acceptors (Lipinski definition) is 5. The van der Waals surface area contributed by atoms with Crippen molar-refractivity contribution in [3.8, 4) is 0 Å². The highest BCUT2D eigenvalue weighted by Gasteiger charge is 2.10. The first-order chi connectivity index (χ1) is 10.1. The fourth-order valence-corrected chi connectivity index (χ4v) is 3.37. The van der Waals surface area contributed by atoms with E-state index >= 15 is 0 Å². The Bertz CT molecular complexity index is 798. The van der Waals surface area contributed by atoms with Crippen LogP contribution in [0, 0.1) is 5.82 Å². The van der Waals surface area contributed by atoms with Crippen LogP contribution in [0.3, 0.4) is 0 Å². The quantitative estimate of drug-likeness (QED) is 0.750. The highest BCUT2D eigenvalue weighted by Crippen LogP contribution is 2.26. The number of nitrogens with zero attached hydrogens (tertiary/aromatic N) is 3. The molecule has 0 saturated heterocycles. The van der Waals surface area contributed by atoms with Gasteiger partial charge >= 0.3 is 0 Å². The van der Waals surface area contributed by atoms with Gasteiger partial charge in [-0.15, -0.1) is 0 Å². The first-order valence-electron chi connectivity index (χ1n) is 6.08. The summed E-state index contributed by atoms with van der Waals surface area (Å²) in [6.07, 6.45) is 3.50. The Morgan fingerprint density at radius 1 is 1.52 bits per heavy atom. The molecule has 1 aromatic carbocycles. The van der Waals surface area contributed by atoms with E-state index in [1.54, 1.807) is 12.3 Å². The van der Waals surface area contributed by atoms with Crippen LogP contribution < -0.4 is 5.32 Å². The van der Waals surface area contributed by atoms with Gasteiger partial charge in [0.25, 0.3) is 0 Å². The van der Waals surface area contributed by atoms with Gasteiger partial charge in [-0.25, -0.2) is 14.4 Å². The van der Waals surface area contributed by atoms with Crippen molar-refractivity contribution in [2.75, 3.05) is 11.1 Å². The molecular formula is C13H11FN4OS2. The number of imidazole rings is 1. The van der Waals surface area contributed by atoms with Gasteiger partial charge in [-0.2, -0.15) is 0 Å². The fraction of sp³-hybridized carbons (Fsp3) is 0.154. The van der Waals surface area contributed by atoms with Crippen molar-refractivity contribution in [3.63, 3.8) is 0 Å². The maximum atomic E-state index is 13.1. The first kappa shape index (κ1) is 14.0. The Morgan fingerprint density at radius 3 is 3.14 bits per heavy atom. The van der Waals surface area contributed by atoms with Crippen LogP contribution in [0.5, 0.6) is 0 Å². The van der Waals surface area contributed by atoms with E-state index in [4.69, 9.17) is 0 Å². The number of carbonyl (C=O) groups is 1. The molecule has 21 heavy (non-hydrogen) atoms. The van der Waals surface area contributed by atoms with Crippen LogP contribution in [0.4, 0.5) is 9.52 Å². The summed E-state index contributed by atoms with van der Waals surface area (Å²) in [5, 5.41) is 3.97. The number of aromatic nitrogens is 3. The number of thiazole rings is 1. The Kier molecular flexibility index (Phi) is 3.89. The van der Waals surface area contributed by atoms with Crippen LogP contribution in [0.1, 0.15) is 0 Å². The van der Waals surface area contributed by atoms with E-state index < -0.39 is 0 Å². The van der Waals surface area contributed by atoms with Gasteiger partial charge in [0, 0.05) is 19.4 Å². The zero-order valence-corrected chi connectivity index (χ0v) is 12.7. The minimum Gasteiger partial charge on any atom is -0.329 e. The predicted octanol–water partition coefficient (Wildman–Crippen LogP) is 2.90. The lowest BCUT2D eigenvalue weighted by atomic mass is 10.3. The van der Waals surface area contributed by atoms with E-state index in [9.17, 15) is 9.18 Å². The van der Waals surface area contributed by atoms with Crippen molar-refractivity contribution in [2.45, 2.75) is 5.16 Å². The molecule has 0 aliphatic heterocycles. The molecule has 3 aromatic rings. The molecule has 5 nitrogen and oxygen atoms in total. The molecule has 1 N–H and O–H groups in total. The van der Waals surface area contributed by atoms with Gasteiger partial charge in [0.05, 0.1) is 16.0 Å². The molecule has 0 fully saturated rings. The predicted molar refractivity (Wildman–Crippen MR) is 82.1 cm³/mol. The summed E-state index contributed by atoms with van der Waals surface area (Å²) in [7, 11) is 1.87. The third kappa shape index (κ3) is 3.22. The second kappa shape index (κ2) is 5.82. The van der Waals surface area contributed by atoms with Crippen molar-refractivity contribution >= 4 is 44.4 Å². The molecule has 1 amide bonds. The summed E-state index contributed by atoms with van der Waals surface area (Å²) >= 11 is 2.60. The standard InChI is InChI=1S/C13H11FN4OS2/c1-18-5-4-15-13(18)20-7-11(19)17-12-16-9-3-2-8(14)6-10(9)21-12/h2-6H,7H2,1H3,(H,16,17,19). The minimum absolute atomic E-state index is 0.164. The van der Waals surface area contributed by atoms with E-state index in [1.165, 1.54) is 35.2 Å². The molecule has 108 valence electrons. The number of nitrogens with one attached hydrogen (secondary N) is 1. The molecule has 0 unspecified atom stereocenters. The summed E-state index contributed by atoms with van der Waals surface area (Å²) in [6.45, 7) is 0. The van der Waals surface area contributed by atoms with Gasteiger partial charge in [0.15, 0.2) is 10.3 Å². The molecule has 0 atom stereocenters. The lowest BCUT2D eigenvalue weighted by Gasteiger charge is -2.01. The monoisotopic (exact) mass is 322 g/mol. The lowest BCUT2D eigenvalue weighted by Crippen LogP contribution is -2.14. The largest absolute Gasteiger partial charge is 0.329 e. The molecule has 0 saturated carbocycles. The second-order valence-corrected chi connectivity index (χ2v) is 6.26. The number of rotatable bonds is 4. The van der Waals surface area contributed by atoms with Gasteiger partial charge < -0.3 is 9.88 Å². The van der Waals surface area contributed by atoms with Crippen LogP contribution in [-0.4, -0.2) is 26.2 Å². The second-order valence-electron chi connectivity index (χ2n) is 4.29. The molecule has 8 heteroatoms. The van der Waals surface area contributed by atoms with E-state index in [0.717, 1.165) is 5.16 Å². The Balaban J connectivity index is 1.64. The number of amides is 1. The summed E-state index contributed by atoms with van der Waals surface area (Å²) in [5.41, 5.74) is 0.674. The van der Waals surface area contributed by atoms with Crippen molar-refractivity contribution in [1.82, 2.24) is 14.5 Å². The Labute approximate surface area is 128 Å². The van der Waals surface area contributed by atoms with Crippen molar-refractivity contribution < 1.29 is 9.18 Å². The summed E-state index contributed by atoms with van der Waals surface area (Å²) in [4.78, 5) is 20.3. The van der Waals surface area contributed by atoms with Crippen molar-refractivity contribution in [2.24, 2.45) is 7.05 Å². The smallest absolute Gasteiger partial charge is 0.236 e. The van der Waals surface area contributed by atoms with E-state index in [1.807, 2.05) is 17.8 Å². The average molecular weight is 322 g/mol. The van der Waals surface area contributed by atoms with Gasteiger partial charge in [-0.05, 0) is 18.2 Å². The van der Waals surface area contributed by atoms with Gasteiger partial charge in [0.1, 0.15) is 5.82 Å². The van der Waals surface area contributed by atoms with Gasteiger partial charge in [0.2, 0.25) is 5.91 Å². The van der Waals surface area contributed by atoms with E-state index in [-0.39, 0.29) is 17.5 Å². The lowest BCUT2D eigenvalue weighted by molar-refractivity contribution is -0.113. The topological polar surface area (TPSA) is 59.8 Å². The van der Waals surface area contributed by atoms with Crippen LogP contribution in [0.25, 0.3) is 10.2 Å². The minimum atomic E-state index is -0.311.